The van der Waals surface area contributed by atoms with Crippen LogP contribution < -0.4 is 9.64 Å². The minimum absolute atomic E-state index is 0.0413. The molecule has 0 radical (unpaired) electrons. The summed E-state index contributed by atoms with van der Waals surface area (Å²) >= 11 is 0. The van der Waals surface area contributed by atoms with Crippen molar-refractivity contribution in [2.75, 3.05) is 18.0 Å². The normalized spacial score (nSPS) is 17.6. The summed E-state index contributed by atoms with van der Waals surface area (Å²) in [6, 6.07) is 16.6. The first-order valence-electron chi connectivity index (χ1n) is 9.68. The van der Waals surface area contributed by atoms with Crippen molar-refractivity contribution in [3.8, 4) is 11.5 Å². The van der Waals surface area contributed by atoms with Crippen molar-refractivity contribution in [3.05, 3.63) is 54.6 Å². The van der Waals surface area contributed by atoms with Gasteiger partial charge in [-0.25, -0.2) is 0 Å². The summed E-state index contributed by atoms with van der Waals surface area (Å²) in [5.74, 6) is 1.48. The number of anilines is 1. The molecule has 2 aromatic rings. The van der Waals surface area contributed by atoms with E-state index in [1.165, 1.54) is 0 Å². The summed E-state index contributed by atoms with van der Waals surface area (Å²) in [6.07, 6.45) is 0.441. The van der Waals surface area contributed by atoms with Gasteiger partial charge in [0.25, 0.3) is 0 Å². The van der Waals surface area contributed by atoms with E-state index in [0.717, 1.165) is 17.2 Å². The van der Waals surface area contributed by atoms with Gasteiger partial charge < -0.3 is 14.5 Å². The zero-order valence-corrected chi connectivity index (χ0v) is 17.0. The van der Waals surface area contributed by atoms with Crippen LogP contribution >= 0.6 is 0 Å². The first kappa shape index (κ1) is 19.9. The first-order chi connectivity index (χ1) is 13.2. The monoisotopic (exact) mass is 380 g/mol. The molecule has 5 heteroatoms. The third-order valence-corrected chi connectivity index (χ3v) is 4.78. The minimum Gasteiger partial charge on any atom is -0.457 e. The molecule has 1 aliphatic heterocycles. The summed E-state index contributed by atoms with van der Waals surface area (Å²) < 4.78 is 5.81. The molecule has 1 fully saturated rings. The van der Waals surface area contributed by atoms with Gasteiger partial charge in [-0.1, -0.05) is 39.0 Å². The number of carbonyl (C=O) groups is 2. The third kappa shape index (κ3) is 4.71. The average Bonchev–Trinajstić information content (AvgIpc) is 2.64. The number of nitrogens with zero attached hydrogens (tertiary/aromatic N) is 2. The zero-order valence-electron chi connectivity index (χ0n) is 17.0. The maximum Gasteiger partial charge on any atom is 0.249 e. The number of piperazine rings is 1. The first-order valence-corrected chi connectivity index (χ1v) is 9.68. The van der Waals surface area contributed by atoms with E-state index in [1.807, 2.05) is 82.3 Å². The minimum atomic E-state index is -0.455. The van der Waals surface area contributed by atoms with Gasteiger partial charge in [0.2, 0.25) is 11.8 Å². The molecule has 0 unspecified atom stereocenters. The smallest absolute Gasteiger partial charge is 0.249 e. The number of benzene rings is 2. The Bertz CT molecular complexity index is 825. The highest BCUT2D eigenvalue weighted by atomic mass is 16.5. The molecule has 5 nitrogen and oxygen atoms in total. The maximum atomic E-state index is 12.9. The van der Waals surface area contributed by atoms with Crippen LogP contribution in [0.4, 0.5) is 5.69 Å². The van der Waals surface area contributed by atoms with Gasteiger partial charge in [0.15, 0.2) is 0 Å². The van der Waals surface area contributed by atoms with Gasteiger partial charge in [-0.15, -0.1) is 0 Å². The van der Waals surface area contributed by atoms with E-state index in [2.05, 4.69) is 0 Å². The van der Waals surface area contributed by atoms with Crippen LogP contribution in [0.3, 0.4) is 0 Å². The summed E-state index contributed by atoms with van der Waals surface area (Å²) in [4.78, 5) is 28.9. The summed E-state index contributed by atoms with van der Waals surface area (Å²) in [5, 5.41) is 0. The number of carbonyl (C=O) groups excluding carboxylic acids is 2. The molecule has 0 N–H and O–H groups in total. The molecule has 1 atom stereocenters. The Morgan fingerprint density at radius 2 is 1.61 bits per heavy atom. The van der Waals surface area contributed by atoms with Crippen LogP contribution in [-0.2, 0) is 9.59 Å². The van der Waals surface area contributed by atoms with Gasteiger partial charge in [0.1, 0.15) is 17.5 Å². The second kappa shape index (κ2) is 8.05. The van der Waals surface area contributed by atoms with Crippen molar-refractivity contribution in [2.24, 2.45) is 5.41 Å². The van der Waals surface area contributed by atoms with Gasteiger partial charge in [-0.3, -0.25) is 9.59 Å². The Hall–Kier alpha value is -2.82. The summed E-state index contributed by atoms with van der Waals surface area (Å²) in [6.45, 7) is 8.95. The molecule has 1 heterocycles. The zero-order chi connectivity index (χ0) is 20.3. The molecule has 0 spiro atoms. The molecule has 2 aromatic carbocycles. The van der Waals surface area contributed by atoms with Crippen LogP contribution in [0, 0.1) is 5.41 Å². The molecular weight excluding hydrogens is 352 g/mol. The van der Waals surface area contributed by atoms with Crippen molar-refractivity contribution < 1.29 is 14.3 Å². The van der Waals surface area contributed by atoms with Crippen molar-refractivity contribution in [1.82, 2.24) is 4.90 Å². The van der Waals surface area contributed by atoms with Crippen molar-refractivity contribution in [2.45, 2.75) is 40.2 Å². The second-order valence-corrected chi connectivity index (χ2v) is 8.40. The summed E-state index contributed by atoms with van der Waals surface area (Å²) in [5.41, 5.74) is 0.728. The van der Waals surface area contributed by atoms with E-state index < -0.39 is 6.04 Å². The lowest BCUT2D eigenvalue weighted by Crippen LogP contribution is -2.58. The van der Waals surface area contributed by atoms with E-state index in [1.54, 1.807) is 9.80 Å². The quantitative estimate of drug-likeness (QED) is 0.786. The lowest BCUT2D eigenvalue weighted by molar-refractivity contribution is -0.142. The number of amides is 2. The van der Waals surface area contributed by atoms with E-state index >= 15 is 0 Å². The molecule has 0 bridgehead atoms. The number of hydrogen-bond donors (Lipinski definition) is 0. The Labute approximate surface area is 166 Å². The maximum absolute atomic E-state index is 12.9. The summed E-state index contributed by atoms with van der Waals surface area (Å²) in [7, 11) is 0. The molecule has 1 aliphatic rings. The number of ether oxygens (including phenoxy) is 1. The van der Waals surface area contributed by atoms with Gasteiger partial charge in [0, 0.05) is 25.2 Å². The number of hydrogen-bond acceptors (Lipinski definition) is 3. The highest BCUT2D eigenvalue weighted by molar-refractivity contribution is 6.00. The standard InChI is InChI=1S/C23H28N2O3/c1-17-22(27)25(15-14-24(17)21(26)16-23(2,3)4)18-10-12-20(13-11-18)28-19-8-6-5-7-9-19/h5-13,17H,14-16H2,1-4H3/t17-/m0/s1. The fourth-order valence-electron chi connectivity index (χ4n) is 3.34. The van der Waals surface area contributed by atoms with Crippen molar-refractivity contribution in [3.63, 3.8) is 0 Å². The molecule has 0 aliphatic carbocycles. The van der Waals surface area contributed by atoms with E-state index in [9.17, 15) is 9.59 Å². The molecule has 28 heavy (non-hydrogen) atoms. The second-order valence-electron chi connectivity index (χ2n) is 8.40. The largest absolute Gasteiger partial charge is 0.457 e. The van der Waals surface area contributed by atoms with Gasteiger partial charge in [-0.05, 0) is 48.7 Å². The lowest BCUT2D eigenvalue weighted by Gasteiger charge is -2.40. The Balaban J connectivity index is 1.66. The Morgan fingerprint density at radius 3 is 2.21 bits per heavy atom. The number of para-hydroxylation sites is 1. The predicted molar refractivity (Wildman–Crippen MR) is 111 cm³/mol. The van der Waals surface area contributed by atoms with Gasteiger partial charge >= 0.3 is 0 Å². The van der Waals surface area contributed by atoms with Crippen LogP contribution in [0.1, 0.15) is 34.1 Å². The van der Waals surface area contributed by atoms with Gasteiger partial charge in [-0.2, -0.15) is 0 Å². The fraction of sp³-hybridized carbons (Fsp3) is 0.391. The van der Waals surface area contributed by atoms with Crippen molar-refractivity contribution >= 4 is 17.5 Å². The van der Waals surface area contributed by atoms with Crippen LogP contribution in [0.2, 0.25) is 0 Å². The molecular formula is C23H28N2O3. The highest BCUT2D eigenvalue weighted by Gasteiger charge is 2.35. The molecule has 2 amide bonds. The predicted octanol–water partition coefficient (Wildman–Crippen LogP) is 4.48. The SMILES string of the molecule is C[C@H]1C(=O)N(c2ccc(Oc3ccccc3)cc2)CCN1C(=O)CC(C)(C)C. The van der Waals surface area contributed by atoms with Crippen LogP contribution in [0.25, 0.3) is 0 Å². The van der Waals surface area contributed by atoms with E-state index in [-0.39, 0.29) is 17.2 Å². The van der Waals surface area contributed by atoms with E-state index in [4.69, 9.17) is 4.74 Å². The van der Waals surface area contributed by atoms with Crippen LogP contribution in [0.15, 0.2) is 54.6 Å². The molecule has 3 rings (SSSR count). The Morgan fingerprint density at radius 1 is 1.00 bits per heavy atom. The molecule has 0 aromatic heterocycles. The topological polar surface area (TPSA) is 49.9 Å². The molecule has 1 saturated heterocycles. The van der Waals surface area contributed by atoms with Crippen LogP contribution in [-0.4, -0.2) is 35.8 Å². The van der Waals surface area contributed by atoms with Crippen LogP contribution in [0.5, 0.6) is 11.5 Å². The lowest BCUT2D eigenvalue weighted by atomic mass is 9.91. The molecule has 0 saturated carbocycles. The fourth-order valence-corrected chi connectivity index (χ4v) is 3.34. The third-order valence-electron chi connectivity index (χ3n) is 4.78. The average molecular weight is 380 g/mol. The van der Waals surface area contributed by atoms with Crippen molar-refractivity contribution in [1.29, 1.82) is 0 Å². The highest BCUT2D eigenvalue weighted by Crippen LogP contribution is 2.27. The Kier molecular flexibility index (Phi) is 5.73. The van der Waals surface area contributed by atoms with Gasteiger partial charge in [0.05, 0.1) is 0 Å². The van der Waals surface area contributed by atoms with E-state index in [0.29, 0.717) is 19.5 Å². The molecule has 148 valence electrons. The number of rotatable bonds is 4.